The number of carbonyl (C=O) groups is 4. The lowest BCUT2D eigenvalue weighted by Crippen LogP contribution is -2.38. The lowest BCUT2D eigenvalue weighted by atomic mass is 9.84. The second kappa shape index (κ2) is 9.40. The molecule has 1 aliphatic heterocycles. The largest absolute Gasteiger partial charge is 0.453 e. The summed E-state index contributed by atoms with van der Waals surface area (Å²) in [6.07, 6.45) is -1.22. The number of ketones is 2. The molecule has 0 fully saturated rings. The number of benzene rings is 4. The van der Waals surface area contributed by atoms with Crippen LogP contribution in [0.2, 0.25) is 5.02 Å². The van der Waals surface area contributed by atoms with Crippen molar-refractivity contribution in [2.24, 2.45) is 5.92 Å². The minimum Gasteiger partial charge on any atom is -0.453 e. The number of aryl methyl sites for hydroxylation is 1. The van der Waals surface area contributed by atoms with Crippen LogP contribution in [0, 0.1) is 12.8 Å². The van der Waals surface area contributed by atoms with Crippen LogP contribution in [0.15, 0.2) is 84.9 Å². The summed E-state index contributed by atoms with van der Waals surface area (Å²) in [4.78, 5) is 53.0. The summed E-state index contributed by atoms with van der Waals surface area (Å²) < 4.78 is 5.51. The Morgan fingerprint density at radius 3 is 2.39 bits per heavy atom. The number of rotatable bonds is 6. The molecule has 0 aromatic heterocycles. The first-order valence-corrected chi connectivity index (χ1v) is 11.7. The Kier molecular flexibility index (Phi) is 6.12. The van der Waals surface area contributed by atoms with Crippen LogP contribution in [0.5, 0.6) is 0 Å². The topological polar surface area (TPSA) is 89.5 Å². The molecule has 7 heteroatoms. The monoisotopic (exact) mass is 497 g/mol. The molecule has 0 saturated carbocycles. The molecule has 0 aliphatic carbocycles. The van der Waals surface area contributed by atoms with E-state index in [0.717, 1.165) is 10.8 Å². The summed E-state index contributed by atoms with van der Waals surface area (Å²) in [7, 11) is 0. The summed E-state index contributed by atoms with van der Waals surface area (Å²) in [6, 6.07) is 23.9. The second-order valence-corrected chi connectivity index (χ2v) is 9.03. The molecule has 1 N–H and O–H groups in total. The molecule has 178 valence electrons. The van der Waals surface area contributed by atoms with E-state index < -0.39 is 35.5 Å². The number of Topliss-reactive ketones (excluding diaryl/α,β-unsaturated/α-hetero) is 2. The Labute approximate surface area is 211 Å². The smallest absolute Gasteiger partial charge is 0.339 e. The van der Waals surface area contributed by atoms with Gasteiger partial charge < -0.3 is 10.1 Å². The summed E-state index contributed by atoms with van der Waals surface area (Å²) in [5.41, 5.74) is 1.94. The van der Waals surface area contributed by atoms with Gasteiger partial charge in [-0.3, -0.25) is 14.4 Å². The van der Waals surface area contributed by atoms with Gasteiger partial charge in [0.15, 0.2) is 5.78 Å². The van der Waals surface area contributed by atoms with E-state index >= 15 is 0 Å². The Morgan fingerprint density at radius 2 is 1.61 bits per heavy atom. The van der Waals surface area contributed by atoms with Crippen LogP contribution in [-0.4, -0.2) is 23.4 Å². The summed E-state index contributed by atoms with van der Waals surface area (Å²) in [6.45, 7) is 1.73. The van der Waals surface area contributed by atoms with E-state index in [1.165, 1.54) is 0 Å². The van der Waals surface area contributed by atoms with Crippen molar-refractivity contribution in [3.05, 3.63) is 112 Å². The van der Waals surface area contributed by atoms with Gasteiger partial charge in [0.05, 0.1) is 5.56 Å². The average Bonchev–Trinajstić information content (AvgIpc) is 3.21. The molecule has 1 heterocycles. The third-order valence-electron chi connectivity index (χ3n) is 6.28. The molecular weight excluding hydrogens is 478 g/mol. The van der Waals surface area contributed by atoms with Crippen molar-refractivity contribution in [3.8, 4) is 0 Å². The molecular formula is C29H20ClNO5. The summed E-state index contributed by atoms with van der Waals surface area (Å²) in [5, 5.41) is 4.78. The molecule has 0 spiro atoms. The van der Waals surface area contributed by atoms with Crippen molar-refractivity contribution in [2.75, 3.05) is 5.32 Å². The Bertz CT molecular complexity index is 1560. The first kappa shape index (κ1) is 23.5. The van der Waals surface area contributed by atoms with Gasteiger partial charge in [-0.2, -0.15) is 0 Å². The van der Waals surface area contributed by atoms with Crippen LogP contribution in [0.4, 0.5) is 5.69 Å². The van der Waals surface area contributed by atoms with Crippen LogP contribution >= 0.6 is 11.6 Å². The van der Waals surface area contributed by atoms with Gasteiger partial charge in [-0.1, -0.05) is 66.2 Å². The van der Waals surface area contributed by atoms with Gasteiger partial charge in [0, 0.05) is 21.8 Å². The van der Waals surface area contributed by atoms with Crippen molar-refractivity contribution in [1.82, 2.24) is 0 Å². The van der Waals surface area contributed by atoms with Crippen LogP contribution in [-0.2, 0) is 14.3 Å². The van der Waals surface area contributed by atoms with Gasteiger partial charge in [-0.05, 0) is 53.6 Å². The number of halogens is 1. The third kappa shape index (κ3) is 4.27. The van der Waals surface area contributed by atoms with Crippen LogP contribution in [0.1, 0.15) is 37.9 Å². The highest BCUT2D eigenvalue weighted by Crippen LogP contribution is 2.38. The van der Waals surface area contributed by atoms with Crippen molar-refractivity contribution in [1.29, 1.82) is 0 Å². The zero-order valence-corrected chi connectivity index (χ0v) is 19.9. The lowest BCUT2D eigenvalue weighted by molar-refractivity contribution is -0.138. The normalized spacial score (nSPS) is 15.2. The number of carbonyl (C=O) groups excluding carboxylic acids is 4. The molecule has 0 unspecified atom stereocenters. The lowest BCUT2D eigenvalue weighted by Gasteiger charge is -2.21. The predicted molar refractivity (Wildman–Crippen MR) is 136 cm³/mol. The first-order chi connectivity index (χ1) is 17.3. The van der Waals surface area contributed by atoms with Gasteiger partial charge in [-0.15, -0.1) is 0 Å². The van der Waals surface area contributed by atoms with E-state index in [4.69, 9.17) is 16.3 Å². The number of esters is 1. The van der Waals surface area contributed by atoms with E-state index in [0.29, 0.717) is 21.8 Å². The molecule has 1 amide bonds. The third-order valence-corrected chi connectivity index (χ3v) is 6.52. The van der Waals surface area contributed by atoms with E-state index in [1.54, 1.807) is 67.6 Å². The fraction of sp³-hybridized carbons (Fsp3) is 0.103. The summed E-state index contributed by atoms with van der Waals surface area (Å²) >= 11 is 5.99. The molecule has 0 saturated heterocycles. The number of cyclic esters (lactones) is 1. The predicted octanol–water partition coefficient (Wildman–Crippen LogP) is 5.72. The molecule has 0 bridgehead atoms. The van der Waals surface area contributed by atoms with E-state index in [9.17, 15) is 19.2 Å². The van der Waals surface area contributed by atoms with Crippen molar-refractivity contribution in [3.63, 3.8) is 0 Å². The van der Waals surface area contributed by atoms with Crippen LogP contribution < -0.4 is 5.32 Å². The fourth-order valence-electron chi connectivity index (χ4n) is 4.43. The van der Waals surface area contributed by atoms with E-state index in [2.05, 4.69) is 5.32 Å². The highest BCUT2D eigenvalue weighted by molar-refractivity contribution is 6.45. The molecule has 5 rings (SSSR count). The number of amides is 1. The number of ether oxygens (including phenoxy) is 1. The number of hydrogen-bond donors (Lipinski definition) is 1. The molecule has 0 radical (unpaired) electrons. The Morgan fingerprint density at radius 1 is 0.889 bits per heavy atom. The van der Waals surface area contributed by atoms with E-state index in [1.807, 2.05) is 24.3 Å². The van der Waals surface area contributed by atoms with Gasteiger partial charge >= 0.3 is 5.97 Å². The van der Waals surface area contributed by atoms with Gasteiger partial charge in [0.1, 0.15) is 12.0 Å². The van der Waals surface area contributed by atoms with Crippen LogP contribution in [0.3, 0.4) is 0 Å². The highest BCUT2D eigenvalue weighted by atomic mass is 35.5. The zero-order chi connectivity index (χ0) is 25.4. The maximum atomic E-state index is 13.8. The molecule has 6 nitrogen and oxygen atoms in total. The SMILES string of the molecule is Cc1cc(Cl)ccc1NC(=O)C(=O)[C@H](C(=O)c1ccc2ccccc2c1)[C@H]1OC(=O)c2ccccc21. The number of nitrogens with one attached hydrogen (secondary N) is 1. The number of fused-ring (bicyclic) bond motifs is 2. The number of anilines is 1. The maximum absolute atomic E-state index is 13.8. The minimum absolute atomic E-state index is 0.239. The van der Waals surface area contributed by atoms with Crippen molar-refractivity contribution >= 4 is 51.5 Å². The zero-order valence-electron chi connectivity index (χ0n) is 19.2. The van der Waals surface area contributed by atoms with E-state index in [-0.39, 0.29) is 11.1 Å². The maximum Gasteiger partial charge on any atom is 0.339 e. The molecule has 4 aromatic rings. The average molecular weight is 498 g/mol. The molecule has 36 heavy (non-hydrogen) atoms. The Hall–Kier alpha value is -4.29. The molecule has 2 atom stereocenters. The number of hydrogen-bond acceptors (Lipinski definition) is 5. The fourth-order valence-corrected chi connectivity index (χ4v) is 4.66. The Balaban J connectivity index is 1.54. The minimum atomic E-state index is -1.56. The summed E-state index contributed by atoms with van der Waals surface area (Å²) in [5.74, 6) is -4.81. The van der Waals surface area contributed by atoms with Gasteiger partial charge in [0.25, 0.3) is 5.91 Å². The standard InChI is InChI=1S/C29H20ClNO5/c1-16-14-20(30)12-13-23(16)31-28(34)26(33)24(27-21-8-4-5-9-22(21)29(35)36-27)25(32)19-11-10-17-6-2-3-7-18(17)15-19/h2-15,24,27H,1H3,(H,31,34)/t24-,27-/m0/s1. The highest BCUT2D eigenvalue weighted by Gasteiger charge is 2.46. The van der Waals surface area contributed by atoms with Gasteiger partial charge in [0.2, 0.25) is 5.78 Å². The van der Waals surface area contributed by atoms with Crippen molar-refractivity contribution < 1.29 is 23.9 Å². The van der Waals surface area contributed by atoms with Crippen molar-refractivity contribution in [2.45, 2.75) is 13.0 Å². The quantitative estimate of drug-likeness (QED) is 0.159. The first-order valence-electron chi connectivity index (χ1n) is 11.3. The second-order valence-electron chi connectivity index (χ2n) is 8.59. The molecule has 4 aromatic carbocycles. The van der Waals surface area contributed by atoms with Gasteiger partial charge in [-0.25, -0.2) is 4.79 Å². The van der Waals surface area contributed by atoms with Crippen LogP contribution in [0.25, 0.3) is 10.8 Å². The molecule has 1 aliphatic rings.